The number of nitrogens with zero attached hydrogens (tertiary/aromatic N) is 4. The van der Waals surface area contributed by atoms with E-state index in [9.17, 15) is 0 Å². The first kappa shape index (κ1) is 15.3. The van der Waals surface area contributed by atoms with Crippen molar-refractivity contribution >= 4 is 17.3 Å². The van der Waals surface area contributed by atoms with Crippen LogP contribution in [0.25, 0.3) is 0 Å². The predicted octanol–water partition coefficient (Wildman–Crippen LogP) is 2.47. The third-order valence-corrected chi connectivity index (χ3v) is 4.01. The Balaban J connectivity index is 1.75. The summed E-state index contributed by atoms with van der Waals surface area (Å²) in [5, 5.41) is 17.0. The van der Waals surface area contributed by atoms with Crippen LogP contribution in [0.3, 0.4) is 0 Å². The Bertz CT molecular complexity index is 757. The van der Waals surface area contributed by atoms with Gasteiger partial charge in [-0.2, -0.15) is 4.80 Å². The monoisotopic (exact) mass is 331 g/mol. The highest BCUT2D eigenvalue weighted by Gasteiger charge is 2.12. The normalized spacial score (nSPS) is 10.5. The number of hydrogen-bond acceptors (Lipinski definition) is 7. The fourth-order valence-corrected chi connectivity index (χ4v) is 2.71. The lowest BCUT2D eigenvalue weighted by atomic mass is 10.2. The molecule has 0 saturated carbocycles. The molecule has 0 fully saturated rings. The molecule has 1 N–H and O–H groups in total. The molecule has 8 heteroatoms. The van der Waals surface area contributed by atoms with E-state index in [1.807, 2.05) is 35.7 Å². The van der Waals surface area contributed by atoms with Crippen LogP contribution in [-0.2, 0) is 20.2 Å². The fourth-order valence-electron chi connectivity index (χ4n) is 2.09. The molecule has 0 spiro atoms. The van der Waals surface area contributed by atoms with E-state index >= 15 is 0 Å². The number of methoxy groups -OCH3 is 1. The van der Waals surface area contributed by atoms with E-state index in [1.165, 1.54) is 4.80 Å². The summed E-state index contributed by atoms with van der Waals surface area (Å²) in [6, 6.07) is 9.84. The first-order chi connectivity index (χ1) is 11.3. The Labute approximate surface area is 137 Å². The molecule has 0 saturated heterocycles. The Morgan fingerprint density at radius 2 is 2.17 bits per heavy atom. The lowest BCUT2D eigenvalue weighted by Crippen LogP contribution is -2.06. The largest absolute Gasteiger partial charge is 0.493 e. The van der Waals surface area contributed by atoms with Crippen LogP contribution in [0.4, 0.5) is 5.95 Å². The van der Waals surface area contributed by atoms with Gasteiger partial charge in [-0.1, -0.05) is 23.3 Å². The van der Waals surface area contributed by atoms with Gasteiger partial charge < -0.3 is 14.8 Å². The number of hydrogen-bond donors (Lipinski definition) is 1. The fraction of sp³-hybridized carbons (Fsp3) is 0.267. The van der Waals surface area contributed by atoms with Gasteiger partial charge in [-0.15, -0.1) is 16.4 Å². The molecule has 0 atom stereocenters. The molecule has 0 bridgehead atoms. The predicted molar refractivity (Wildman–Crippen MR) is 87.8 cm³/mol. The maximum Gasteiger partial charge on any atom is 0.263 e. The zero-order valence-electron chi connectivity index (χ0n) is 12.9. The minimum absolute atomic E-state index is 0.472. The van der Waals surface area contributed by atoms with Crippen molar-refractivity contribution in [2.45, 2.75) is 13.2 Å². The Hall–Kier alpha value is -2.61. The van der Waals surface area contributed by atoms with Gasteiger partial charge >= 0.3 is 0 Å². The van der Waals surface area contributed by atoms with Crippen LogP contribution in [0.15, 0.2) is 35.7 Å². The zero-order chi connectivity index (χ0) is 16.1. The van der Waals surface area contributed by atoms with Gasteiger partial charge in [-0.3, -0.25) is 0 Å². The highest BCUT2D eigenvalue weighted by Crippen LogP contribution is 2.32. The molecule has 0 aliphatic carbocycles. The van der Waals surface area contributed by atoms with Crippen LogP contribution < -0.4 is 14.8 Å². The molecule has 23 heavy (non-hydrogen) atoms. The summed E-state index contributed by atoms with van der Waals surface area (Å²) in [5.74, 6) is 1.90. The SMILES string of the molecule is COc1cccc(CNc2nnn(C)n2)c1OCc1cccs1. The molecule has 0 amide bonds. The molecule has 0 aliphatic heterocycles. The molecule has 7 nitrogen and oxygen atoms in total. The van der Waals surface area contributed by atoms with E-state index in [0.717, 1.165) is 16.2 Å². The minimum Gasteiger partial charge on any atom is -0.493 e. The van der Waals surface area contributed by atoms with Crippen molar-refractivity contribution in [3.05, 3.63) is 46.2 Å². The summed E-state index contributed by atoms with van der Waals surface area (Å²) in [6.07, 6.45) is 0. The van der Waals surface area contributed by atoms with Crippen molar-refractivity contribution in [2.75, 3.05) is 12.4 Å². The van der Waals surface area contributed by atoms with Crippen molar-refractivity contribution in [1.82, 2.24) is 20.2 Å². The van der Waals surface area contributed by atoms with E-state index in [0.29, 0.717) is 24.8 Å². The van der Waals surface area contributed by atoms with Crippen LogP contribution in [0.2, 0.25) is 0 Å². The van der Waals surface area contributed by atoms with E-state index in [2.05, 4.69) is 20.7 Å². The van der Waals surface area contributed by atoms with E-state index < -0.39 is 0 Å². The Morgan fingerprint density at radius 3 is 2.87 bits per heavy atom. The maximum atomic E-state index is 5.98. The summed E-state index contributed by atoms with van der Waals surface area (Å²) in [7, 11) is 3.36. The van der Waals surface area contributed by atoms with Gasteiger partial charge in [0.05, 0.1) is 14.2 Å². The average molecular weight is 331 g/mol. The molecule has 2 heterocycles. The number of para-hydroxylation sites is 1. The molecule has 3 aromatic rings. The van der Waals surface area contributed by atoms with Crippen molar-refractivity contribution in [3.8, 4) is 11.5 Å². The van der Waals surface area contributed by atoms with Crippen molar-refractivity contribution in [3.63, 3.8) is 0 Å². The lowest BCUT2D eigenvalue weighted by molar-refractivity contribution is 0.284. The number of benzene rings is 1. The summed E-state index contributed by atoms with van der Waals surface area (Å²) in [5.41, 5.74) is 0.966. The topological polar surface area (TPSA) is 74.1 Å². The molecular formula is C15H17N5O2S. The second kappa shape index (κ2) is 7.10. The number of aromatic nitrogens is 4. The smallest absolute Gasteiger partial charge is 0.263 e. The highest BCUT2D eigenvalue weighted by molar-refractivity contribution is 7.09. The van der Waals surface area contributed by atoms with Crippen LogP contribution in [0.5, 0.6) is 11.5 Å². The third kappa shape index (κ3) is 3.78. The van der Waals surface area contributed by atoms with Gasteiger partial charge in [0.2, 0.25) is 0 Å². The molecule has 3 rings (SSSR count). The second-order valence-electron chi connectivity index (χ2n) is 4.77. The second-order valence-corrected chi connectivity index (χ2v) is 5.80. The number of ether oxygens (including phenoxy) is 2. The van der Waals surface area contributed by atoms with Crippen molar-refractivity contribution < 1.29 is 9.47 Å². The van der Waals surface area contributed by atoms with Gasteiger partial charge in [-0.25, -0.2) is 0 Å². The van der Waals surface area contributed by atoms with Gasteiger partial charge in [0.25, 0.3) is 5.95 Å². The van der Waals surface area contributed by atoms with Gasteiger partial charge in [0, 0.05) is 17.0 Å². The standard InChI is InChI=1S/C15H17N5O2S/c1-20-18-15(17-19-20)16-9-11-5-3-7-13(21-2)14(11)22-10-12-6-4-8-23-12/h3-8H,9-10H2,1-2H3,(H,16,18). The Kier molecular flexibility index (Phi) is 4.72. The minimum atomic E-state index is 0.472. The van der Waals surface area contributed by atoms with Crippen LogP contribution in [0.1, 0.15) is 10.4 Å². The number of rotatable bonds is 7. The van der Waals surface area contributed by atoms with Gasteiger partial charge in [-0.05, 0) is 22.7 Å². The van der Waals surface area contributed by atoms with Crippen LogP contribution in [0, 0.1) is 0 Å². The number of aryl methyl sites for hydroxylation is 1. The van der Waals surface area contributed by atoms with Crippen LogP contribution in [-0.4, -0.2) is 27.3 Å². The van der Waals surface area contributed by atoms with Crippen LogP contribution >= 0.6 is 11.3 Å². The van der Waals surface area contributed by atoms with Crippen molar-refractivity contribution in [1.29, 1.82) is 0 Å². The van der Waals surface area contributed by atoms with Gasteiger partial charge in [0.1, 0.15) is 6.61 Å². The number of tetrazole rings is 1. The highest BCUT2D eigenvalue weighted by atomic mass is 32.1. The van der Waals surface area contributed by atoms with E-state index in [1.54, 1.807) is 25.5 Å². The average Bonchev–Trinajstić information content (AvgIpc) is 3.22. The maximum absolute atomic E-state index is 5.98. The molecule has 1 aromatic carbocycles. The summed E-state index contributed by atoms with van der Waals surface area (Å²) in [4.78, 5) is 2.56. The molecule has 120 valence electrons. The summed E-state index contributed by atoms with van der Waals surface area (Å²) >= 11 is 1.66. The number of nitrogens with one attached hydrogen (secondary N) is 1. The van der Waals surface area contributed by atoms with Gasteiger partial charge in [0.15, 0.2) is 11.5 Å². The quantitative estimate of drug-likeness (QED) is 0.717. The molecule has 0 radical (unpaired) electrons. The molecule has 2 aromatic heterocycles. The van der Waals surface area contributed by atoms with Crippen molar-refractivity contribution in [2.24, 2.45) is 7.05 Å². The third-order valence-electron chi connectivity index (χ3n) is 3.16. The number of thiophene rings is 1. The molecule has 0 unspecified atom stereocenters. The summed E-state index contributed by atoms with van der Waals surface area (Å²) in [6.45, 7) is 1.02. The van der Waals surface area contributed by atoms with E-state index in [-0.39, 0.29) is 0 Å². The molecule has 0 aliphatic rings. The molecular weight excluding hydrogens is 314 g/mol. The summed E-state index contributed by atoms with van der Waals surface area (Å²) < 4.78 is 11.4. The number of anilines is 1. The first-order valence-corrected chi connectivity index (χ1v) is 7.93. The Morgan fingerprint density at radius 1 is 1.26 bits per heavy atom. The van der Waals surface area contributed by atoms with E-state index in [4.69, 9.17) is 9.47 Å². The first-order valence-electron chi connectivity index (χ1n) is 7.05. The lowest BCUT2D eigenvalue weighted by Gasteiger charge is -2.14. The zero-order valence-corrected chi connectivity index (χ0v) is 13.7.